The Balaban J connectivity index is 2.14. The molecule has 1 aromatic carbocycles. The number of carbonyl (C=O) groups is 1. The number of hydrogen-bond acceptors (Lipinski definition) is 3. The van der Waals surface area contributed by atoms with E-state index >= 15 is 0 Å². The van der Waals surface area contributed by atoms with Crippen LogP contribution in [0.3, 0.4) is 0 Å². The lowest BCUT2D eigenvalue weighted by Gasteiger charge is -2.34. The first-order valence-electron chi connectivity index (χ1n) is 8.94. The molecule has 1 aliphatic rings. The molecule has 0 aromatic heterocycles. The Labute approximate surface area is 149 Å². The molecule has 1 unspecified atom stereocenters. The van der Waals surface area contributed by atoms with Crippen LogP contribution in [-0.2, 0) is 14.8 Å². The van der Waals surface area contributed by atoms with Crippen LogP contribution in [0.2, 0.25) is 0 Å². The van der Waals surface area contributed by atoms with Gasteiger partial charge in [-0.1, -0.05) is 13.8 Å². The number of rotatable bonds is 7. The van der Waals surface area contributed by atoms with Crippen molar-refractivity contribution in [3.63, 3.8) is 0 Å². The van der Waals surface area contributed by atoms with Crippen LogP contribution in [0.15, 0.2) is 29.2 Å². The molecule has 0 bridgehead atoms. The molecule has 1 amide bonds. The van der Waals surface area contributed by atoms with Gasteiger partial charge in [0, 0.05) is 26.2 Å². The van der Waals surface area contributed by atoms with Crippen LogP contribution in [0.4, 0.5) is 4.39 Å². The molecule has 0 N–H and O–H groups in total. The maximum absolute atomic E-state index is 13.1. The van der Waals surface area contributed by atoms with Gasteiger partial charge in [-0.3, -0.25) is 4.79 Å². The van der Waals surface area contributed by atoms with E-state index in [-0.39, 0.29) is 23.3 Å². The second kappa shape index (κ2) is 8.76. The van der Waals surface area contributed by atoms with E-state index in [2.05, 4.69) is 0 Å². The summed E-state index contributed by atoms with van der Waals surface area (Å²) in [6, 6.07) is 4.83. The predicted octanol–water partition coefficient (Wildman–Crippen LogP) is 2.88. The minimum Gasteiger partial charge on any atom is -0.342 e. The van der Waals surface area contributed by atoms with Gasteiger partial charge in [-0.05, 0) is 49.9 Å². The van der Waals surface area contributed by atoms with E-state index in [0.717, 1.165) is 25.0 Å². The van der Waals surface area contributed by atoms with Gasteiger partial charge in [0.25, 0.3) is 0 Å². The molecule has 0 aliphatic carbocycles. The van der Waals surface area contributed by atoms with Gasteiger partial charge in [-0.2, -0.15) is 4.31 Å². The highest BCUT2D eigenvalue weighted by Gasteiger charge is 2.34. The van der Waals surface area contributed by atoms with Crippen molar-refractivity contribution in [1.29, 1.82) is 0 Å². The molecule has 0 saturated carbocycles. The fourth-order valence-corrected chi connectivity index (χ4v) is 4.77. The first-order valence-corrected chi connectivity index (χ1v) is 10.4. The van der Waals surface area contributed by atoms with Crippen LogP contribution in [0.25, 0.3) is 0 Å². The highest BCUT2D eigenvalue weighted by Crippen LogP contribution is 2.25. The fourth-order valence-electron chi connectivity index (χ4n) is 3.25. The van der Waals surface area contributed by atoms with Gasteiger partial charge in [0.15, 0.2) is 0 Å². The molecule has 1 fully saturated rings. The number of sulfonamides is 1. The second-order valence-corrected chi connectivity index (χ2v) is 8.42. The molecule has 7 heteroatoms. The lowest BCUT2D eigenvalue weighted by Crippen LogP contribution is -2.47. The number of nitrogens with zero attached hydrogens (tertiary/aromatic N) is 2. The van der Waals surface area contributed by atoms with Gasteiger partial charge in [0.05, 0.1) is 10.8 Å². The number of hydrogen-bond donors (Lipinski definition) is 0. The van der Waals surface area contributed by atoms with Gasteiger partial charge in [0.2, 0.25) is 15.9 Å². The van der Waals surface area contributed by atoms with Crippen molar-refractivity contribution in [2.24, 2.45) is 5.92 Å². The number of amides is 1. The monoisotopic (exact) mass is 370 g/mol. The fraction of sp³-hybridized carbons (Fsp3) is 0.611. The average Bonchev–Trinajstić information content (AvgIpc) is 2.61. The van der Waals surface area contributed by atoms with Crippen LogP contribution in [-0.4, -0.2) is 49.7 Å². The summed E-state index contributed by atoms with van der Waals surface area (Å²) in [6.45, 7) is 6.06. The van der Waals surface area contributed by atoms with E-state index in [0.29, 0.717) is 32.5 Å². The molecule has 2 rings (SSSR count). The van der Waals surface area contributed by atoms with Gasteiger partial charge in [0.1, 0.15) is 5.82 Å². The zero-order chi connectivity index (χ0) is 18.4. The van der Waals surface area contributed by atoms with Crippen molar-refractivity contribution in [2.75, 3.05) is 26.2 Å². The van der Waals surface area contributed by atoms with E-state index < -0.39 is 15.8 Å². The third-order valence-electron chi connectivity index (χ3n) is 4.48. The molecule has 1 atom stereocenters. The van der Waals surface area contributed by atoms with Crippen molar-refractivity contribution in [1.82, 2.24) is 9.21 Å². The Hall–Kier alpha value is -1.47. The molecule has 5 nitrogen and oxygen atoms in total. The number of benzene rings is 1. The molecular formula is C18H27FN2O3S. The number of carbonyl (C=O) groups excluding carboxylic acids is 1. The Morgan fingerprint density at radius 3 is 2.36 bits per heavy atom. The lowest BCUT2D eigenvalue weighted by molar-refractivity contribution is -0.136. The van der Waals surface area contributed by atoms with Crippen molar-refractivity contribution in [3.05, 3.63) is 30.1 Å². The predicted molar refractivity (Wildman–Crippen MR) is 95.0 cm³/mol. The molecule has 0 radical (unpaired) electrons. The van der Waals surface area contributed by atoms with Crippen molar-refractivity contribution < 1.29 is 17.6 Å². The van der Waals surface area contributed by atoms with E-state index in [9.17, 15) is 17.6 Å². The molecule has 140 valence electrons. The Bertz CT molecular complexity index is 670. The first kappa shape index (κ1) is 19.8. The standard InChI is InChI=1S/C18H27FN2O3S/c1-3-11-20(12-4-2)18(22)15-6-5-13-21(14-15)25(23,24)17-9-7-16(19)8-10-17/h7-10,15H,3-6,11-14H2,1-2H3. The Morgan fingerprint density at radius 1 is 1.20 bits per heavy atom. The summed E-state index contributed by atoms with van der Waals surface area (Å²) < 4.78 is 40.0. The maximum Gasteiger partial charge on any atom is 0.243 e. The van der Waals surface area contributed by atoms with E-state index in [1.807, 2.05) is 18.7 Å². The van der Waals surface area contributed by atoms with Crippen LogP contribution < -0.4 is 0 Å². The van der Waals surface area contributed by atoms with Gasteiger partial charge >= 0.3 is 0 Å². The summed E-state index contributed by atoms with van der Waals surface area (Å²) in [5, 5.41) is 0. The summed E-state index contributed by atoms with van der Waals surface area (Å²) in [5.74, 6) is -0.731. The van der Waals surface area contributed by atoms with Crippen LogP contribution >= 0.6 is 0 Å². The zero-order valence-corrected chi connectivity index (χ0v) is 15.8. The van der Waals surface area contributed by atoms with Crippen LogP contribution in [0, 0.1) is 11.7 Å². The number of piperidine rings is 1. The quantitative estimate of drug-likeness (QED) is 0.742. The third-order valence-corrected chi connectivity index (χ3v) is 6.36. The van der Waals surface area contributed by atoms with Gasteiger partial charge in [-0.25, -0.2) is 12.8 Å². The highest BCUT2D eigenvalue weighted by molar-refractivity contribution is 7.89. The van der Waals surface area contributed by atoms with E-state index in [4.69, 9.17) is 0 Å². The highest BCUT2D eigenvalue weighted by atomic mass is 32.2. The van der Waals surface area contributed by atoms with Crippen LogP contribution in [0.5, 0.6) is 0 Å². The summed E-state index contributed by atoms with van der Waals surface area (Å²) in [5.41, 5.74) is 0. The topological polar surface area (TPSA) is 57.7 Å². The number of halogens is 1. The summed E-state index contributed by atoms with van der Waals surface area (Å²) >= 11 is 0. The molecule has 1 heterocycles. The molecule has 1 saturated heterocycles. The summed E-state index contributed by atoms with van der Waals surface area (Å²) in [6.07, 6.45) is 3.13. The smallest absolute Gasteiger partial charge is 0.243 e. The van der Waals surface area contributed by atoms with Crippen molar-refractivity contribution >= 4 is 15.9 Å². The van der Waals surface area contributed by atoms with E-state index in [1.54, 1.807) is 0 Å². The summed E-state index contributed by atoms with van der Waals surface area (Å²) in [7, 11) is -3.70. The molecule has 1 aromatic rings. The molecule has 0 spiro atoms. The van der Waals surface area contributed by atoms with Gasteiger partial charge < -0.3 is 4.90 Å². The summed E-state index contributed by atoms with van der Waals surface area (Å²) in [4.78, 5) is 14.7. The second-order valence-electron chi connectivity index (χ2n) is 6.48. The molecule has 1 aliphatic heterocycles. The first-order chi connectivity index (χ1) is 11.9. The SMILES string of the molecule is CCCN(CCC)C(=O)C1CCCN(S(=O)(=O)c2ccc(F)cc2)C1. The Morgan fingerprint density at radius 2 is 1.80 bits per heavy atom. The lowest BCUT2D eigenvalue weighted by atomic mass is 9.98. The minimum absolute atomic E-state index is 0.0442. The van der Waals surface area contributed by atoms with Crippen LogP contribution in [0.1, 0.15) is 39.5 Å². The third kappa shape index (κ3) is 4.79. The largest absolute Gasteiger partial charge is 0.342 e. The normalized spacial score (nSPS) is 18.9. The maximum atomic E-state index is 13.1. The minimum atomic E-state index is -3.70. The van der Waals surface area contributed by atoms with E-state index in [1.165, 1.54) is 16.4 Å². The zero-order valence-electron chi connectivity index (χ0n) is 14.9. The van der Waals surface area contributed by atoms with Crippen molar-refractivity contribution in [2.45, 2.75) is 44.4 Å². The van der Waals surface area contributed by atoms with Gasteiger partial charge in [-0.15, -0.1) is 0 Å². The Kier molecular flexibility index (Phi) is 6.95. The molecule has 25 heavy (non-hydrogen) atoms. The average molecular weight is 370 g/mol. The molecular weight excluding hydrogens is 343 g/mol. The van der Waals surface area contributed by atoms with Crippen molar-refractivity contribution in [3.8, 4) is 0 Å².